The van der Waals surface area contributed by atoms with Crippen molar-refractivity contribution in [2.24, 2.45) is 0 Å². The molecule has 0 fully saturated rings. The van der Waals surface area contributed by atoms with Crippen LogP contribution in [0.25, 0.3) is 0 Å². The van der Waals surface area contributed by atoms with Crippen LogP contribution in [0.2, 0.25) is 0 Å². The zero-order valence-corrected chi connectivity index (χ0v) is 8.61. The lowest BCUT2D eigenvalue weighted by Crippen LogP contribution is -2.06. The summed E-state index contributed by atoms with van der Waals surface area (Å²) in [5, 5.41) is 8.79. The molecular weight excluding hydrogens is 196 g/mol. The summed E-state index contributed by atoms with van der Waals surface area (Å²) in [7, 11) is 1.32. The van der Waals surface area contributed by atoms with Gasteiger partial charge in [-0.1, -0.05) is 12.1 Å². The number of hydrogen-bond acceptors (Lipinski definition) is 3. The number of methoxy groups -OCH3 is 1. The second kappa shape index (κ2) is 4.59. The maximum absolute atomic E-state index is 11.0. The van der Waals surface area contributed by atoms with Crippen LogP contribution in [0.4, 0.5) is 0 Å². The largest absolute Gasteiger partial charge is 0.478 e. The molecule has 1 N–H and O–H groups in total. The first-order chi connectivity index (χ1) is 7.04. The van der Waals surface area contributed by atoms with Crippen molar-refractivity contribution in [2.45, 2.75) is 13.3 Å². The first kappa shape index (κ1) is 11.2. The molecule has 15 heavy (non-hydrogen) atoms. The van der Waals surface area contributed by atoms with E-state index in [9.17, 15) is 9.59 Å². The summed E-state index contributed by atoms with van der Waals surface area (Å²) in [4.78, 5) is 21.7. The van der Waals surface area contributed by atoms with Gasteiger partial charge in [0, 0.05) is 0 Å². The van der Waals surface area contributed by atoms with Crippen molar-refractivity contribution in [2.75, 3.05) is 7.11 Å². The van der Waals surface area contributed by atoms with Gasteiger partial charge in [0.25, 0.3) is 0 Å². The fourth-order valence-electron chi connectivity index (χ4n) is 1.31. The highest BCUT2D eigenvalue weighted by Crippen LogP contribution is 2.12. The average molecular weight is 208 g/mol. The van der Waals surface area contributed by atoms with Gasteiger partial charge in [0.05, 0.1) is 19.1 Å². The van der Waals surface area contributed by atoms with Crippen molar-refractivity contribution in [3.63, 3.8) is 0 Å². The predicted octanol–water partition coefficient (Wildman–Crippen LogP) is 1.41. The summed E-state index contributed by atoms with van der Waals surface area (Å²) in [6.07, 6.45) is 0.164. The Kier molecular flexibility index (Phi) is 3.44. The van der Waals surface area contributed by atoms with Crippen molar-refractivity contribution in [1.29, 1.82) is 0 Å². The lowest BCUT2D eigenvalue weighted by atomic mass is 10.0. The van der Waals surface area contributed by atoms with Crippen molar-refractivity contribution in [3.05, 3.63) is 34.9 Å². The fraction of sp³-hybridized carbons (Fsp3) is 0.273. The number of rotatable bonds is 3. The number of esters is 1. The molecule has 0 atom stereocenters. The minimum absolute atomic E-state index is 0.164. The number of aromatic carboxylic acids is 1. The molecule has 1 aromatic rings. The molecule has 1 aromatic carbocycles. The Bertz CT molecular complexity index is 396. The van der Waals surface area contributed by atoms with Gasteiger partial charge in [0.15, 0.2) is 0 Å². The van der Waals surface area contributed by atoms with Crippen LogP contribution in [-0.2, 0) is 16.0 Å². The minimum atomic E-state index is -0.961. The molecule has 0 aliphatic rings. The third-order valence-electron chi connectivity index (χ3n) is 2.10. The molecule has 1 rings (SSSR count). The van der Waals surface area contributed by atoms with E-state index in [1.54, 1.807) is 19.1 Å². The van der Waals surface area contributed by atoms with Crippen LogP contribution in [0, 0.1) is 6.92 Å². The Hall–Kier alpha value is -1.84. The van der Waals surface area contributed by atoms with Crippen LogP contribution >= 0.6 is 0 Å². The zero-order chi connectivity index (χ0) is 11.4. The van der Waals surface area contributed by atoms with Gasteiger partial charge in [-0.05, 0) is 24.1 Å². The van der Waals surface area contributed by atoms with Gasteiger partial charge in [-0.15, -0.1) is 0 Å². The Morgan fingerprint density at radius 3 is 2.53 bits per heavy atom. The molecule has 0 unspecified atom stereocenters. The van der Waals surface area contributed by atoms with Crippen LogP contribution < -0.4 is 0 Å². The summed E-state index contributed by atoms with van der Waals surface area (Å²) < 4.78 is 4.52. The third-order valence-corrected chi connectivity index (χ3v) is 2.10. The Morgan fingerprint density at radius 2 is 2.07 bits per heavy atom. The van der Waals surface area contributed by atoms with Gasteiger partial charge in [-0.2, -0.15) is 0 Å². The van der Waals surface area contributed by atoms with E-state index in [-0.39, 0.29) is 18.0 Å². The number of hydrogen-bond donors (Lipinski definition) is 1. The molecular formula is C11H12O4. The molecule has 80 valence electrons. The molecule has 0 bridgehead atoms. The number of benzene rings is 1. The van der Waals surface area contributed by atoms with E-state index in [1.807, 2.05) is 0 Å². The van der Waals surface area contributed by atoms with Gasteiger partial charge in [0.1, 0.15) is 0 Å². The Morgan fingerprint density at radius 1 is 1.40 bits per heavy atom. The summed E-state index contributed by atoms with van der Waals surface area (Å²) in [6, 6.07) is 4.80. The molecule has 0 amide bonds. The first-order valence-electron chi connectivity index (χ1n) is 4.44. The molecule has 0 aromatic heterocycles. The van der Waals surface area contributed by atoms with E-state index < -0.39 is 5.97 Å². The molecule has 0 aliphatic heterocycles. The molecule has 0 aliphatic carbocycles. The summed E-state index contributed by atoms with van der Waals surface area (Å²) in [5.41, 5.74) is 1.65. The lowest BCUT2D eigenvalue weighted by Gasteiger charge is -2.04. The highest BCUT2D eigenvalue weighted by Gasteiger charge is 2.09. The predicted molar refractivity (Wildman–Crippen MR) is 53.9 cm³/mol. The molecule has 0 saturated carbocycles. The summed E-state index contributed by atoms with van der Waals surface area (Å²) in [6.45, 7) is 1.70. The average Bonchev–Trinajstić information content (AvgIpc) is 2.17. The van der Waals surface area contributed by atoms with Crippen molar-refractivity contribution < 1.29 is 19.4 Å². The SMILES string of the molecule is COC(=O)Cc1ccc(C(=O)O)c(C)c1. The maximum atomic E-state index is 11.0. The Labute approximate surface area is 87.5 Å². The minimum Gasteiger partial charge on any atom is -0.478 e. The molecule has 0 spiro atoms. The number of aryl methyl sites for hydroxylation is 1. The molecule has 0 radical (unpaired) electrons. The second-order valence-corrected chi connectivity index (χ2v) is 3.21. The highest BCUT2D eigenvalue weighted by molar-refractivity contribution is 5.89. The fourth-order valence-corrected chi connectivity index (χ4v) is 1.31. The number of carbonyl (C=O) groups is 2. The van der Waals surface area contributed by atoms with Gasteiger partial charge in [0.2, 0.25) is 0 Å². The van der Waals surface area contributed by atoms with E-state index in [0.717, 1.165) is 5.56 Å². The normalized spacial score (nSPS) is 9.73. The topological polar surface area (TPSA) is 63.6 Å². The smallest absolute Gasteiger partial charge is 0.335 e. The zero-order valence-electron chi connectivity index (χ0n) is 8.61. The van der Waals surface area contributed by atoms with Crippen LogP contribution in [0.15, 0.2) is 18.2 Å². The summed E-state index contributed by atoms with van der Waals surface area (Å²) >= 11 is 0. The van der Waals surface area contributed by atoms with Gasteiger partial charge < -0.3 is 9.84 Å². The van der Waals surface area contributed by atoms with Crippen molar-refractivity contribution >= 4 is 11.9 Å². The van der Waals surface area contributed by atoms with Crippen molar-refractivity contribution in [3.8, 4) is 0 Å². The van der Waals surface area contributed by atoms with E-state index in [1.165, 1.54) is 13.2 Å². The number of carboxylic acid groups (broad SMARTS) is 1. The maximum Gasteiger partial charge on any atom is 0.335 e. The van der Waals surface area contributed by atoms with Crippen LogP contribution in [0.1, 0.15) is 21.5 Å². The Balaban J connectivity index is 2.91. The third kappa shape index (κ3) is 2.80. The van der Waals surface area contributed by atoms with E-state index in [4.69, 9.17) is 5.11 Å². The van der Waals surface area contributed by atoms with E-state index in [2.05, 4.69) is 4.74 Å². The van der Waals surface area contributed by atoms with Gasteiger partial charge >= 0.3 is 11.9 Å². The molecule has 4 nitrogen and oxygen atoms in total. The number of ether oxygens (including phenoxy) is 1. The number of carbonyl (C=O) groups excluding carboxylic acids is 1. The van der Waals surface area contributed by atoms with Crippen molar-refractivity contribution in [1.82, 2.24) is 0 Å². The van der Waals surface area contributed by atoms with Crippen LogP contribution in [0.5, 0.6) is 0 Å². The van der Waals surface area contributed by atoms with E-state index >= 15 is 0 Å². The van der Waals surface area contributed by atoms with Crippen LogP contribution in [0.3, 0.4) is 0 Å². The first-order valence-corrected chi connectivity index (χ1v) is 4.44. The van der Waals surface area contributed by atoms with Crippen LogP contribution in [-0.4, -0.2) is 24.2 Å². The lowest BCUT2D eigenvalue weighted by molar-refractivity contribution is -0.139. The number of carboxylic acids is 1. The highest BCUT2D eigenvalue weighted by atomic mass is 16.5. The monoisotopic (exact) mass is 208 g/mol. The molecule has 0 heterocycles. The quantitative estimate of drug-likeness (QED) is 0.763. The van der Waals surface area contributed by atoms with Gasteiger partial charge in [-0.25, -0.2) is 4.79 Å². The summed E-state index contributed by atoms with van der Waals surface area (Å²) in [5.74, 6) is -1.30. The second-order valence-electron chi connectivity index (χ2n) is 3.21. The van der Waals surface area contributed by atoms with Gasteiger partial charge in [-0.3, -0.25) is 4.79 Å². The van der Waals surface area contributed by atoms with E-state index in [0.29, 0.717) is 5.56 Å². The molecule has 0 saturated heterocycles. The molecule has 4 heteroatoms. The standard InChI is InChI=1S/C11H12O4/c1-7-5-8(6-10(12)15-2)3-4-9(7)11(13)14/h3-5H,6H2,1-2H3,(H,13,14).